The number of nitrogens with one attached hydrogen (secondary N) is 1. The van der Waals surface area contributed by atoms with E-state index in [9.17, 15) is 0 Å². The number of piperidine rings is 1. The van der Waals surface area contributed by atoms with Gasteiger partial charge in [0.2, 0.25) is 0 Å². The Kier molecular flexibility index (Phi) is 3.89. The second-order valence-electron chi connectivity index (χ2n) is 7.33. The standard InChI is InChI=1S/C16H30N2O/c1-4-8-18-9-5-12(6-10-18)17-14-13-7-11-19-15(13)16(14,2)3/h12-15,17H,4-11H2,1-3H3. The monoisotopic (exact) mass is 266 g/mol. The number of nitrogens with zero attached hydrogens (tertiary/aromatic N) is 1. The Balaban J connectivity index is 1.50. The molecule has 0 bridgehead atoms. The van der Waals surface area contributed by atoms with Crippen molar-refractivity contribution in [1.29, 1.82) is 0 Å². The average molecular weight is 266 g/mol. The molecule has 2 aliphatic heterocycles. The van der Waals surface area contributed by atoms with Crippen LogP contribution in [0.2, 0.25) is 0 Å². The smallest absolute Gasteiger partial charge is 0.0685 e. The van der Waals surface area contributed by atoms with E-state index in [2.05, 4.69) is 31.0 Å². The molecule has 1 saturated carbocycles. The molecule has 1 N–H and O–H groups in total. The van der Waals surface area contributed by atoms with Crippen LogP contribution in [0.5, 0.6) is 0 Å². The molecule has 0 spiro atoms. The topological polar surface area (TPSA) is 24.5 Å². The van der Waals surface area contributed by atoms with Crippen molar-refractivity contribution in [2.75, 3.05) is 26.2 Å². The number of likely N-dealkylation sites (tertiary alicyclic amines) is 1. The van der Waals surface area contributed by atoms with Crippen LogP contribution < -0.4 is 5.32 Å². The lowest BCUT2D eigenvalue weighted by Crippen LogP contribution is -2.67. The van der Waals surface area contributed by atoms with Crippen molar-refractivity contribution in [3.8, 4) is 0 Å². The van der Waals surface area contributed by atoms with E-state index in [0.29, 0.717) is 17.6 Å². The quantitative estimate of drug-likeness (QED) is 0.845. The van der Waals surface area contributed by atoms with E-state index in [1.165, 1.54) is 45.3 Å². The highest BCUT2D eigenvalue weighted by Gasteiger charge is 2.59. The molecule has 3 rings (SSSR count). The van der Waals surface area contributed by atoms with Crippen molar-refractivity contribution in [2.24, 2.45) is 11.3 Å². The first-order valence-corrected chi connectivity index (χ1v) is 8.23. The van der Waals surface area contributed by atoms with E-state index in [1.54, 1.807) is 0 Å². The maximum atomic E-state index is 5.89. The van der Waals surface area contributed by atoms with Gasteiger partial charge in [0.05, 0.1) is 6.10 Å². The lowest BCUT2D eigenvalue weighted by Gasteiger charge is -2.56. The van der Waals surface area contributed by atoms with Gasteiger partial charge in [0.25, 0.3) is 0 Å². The van der Waals surface area contributed by atoms with Crippen LogP contribution in [-0.2, 0) is 4.74 Å². The third kappa shape index (κ3) is 2.45. The van der Waals surface area contributed by atoms with Crippen molar-refractivity contribution in [1.82, 2.24) is 10.2 Å². The lowest BCUT2D eigenvalue weighted by atomic mass is 9.57. The van der Waals surface area contributed by atoms with Gasteiger partial charge in [0, 0.05) is 30.0 Å². The molecule has 0 aromatic rings. The molecule has 2 heterocycles. The molecule has 0 amide bonds. The fraction of sp³-hybridized carbons (Fsp3) is 1.00. The van der Waals surface area contributed by atoms with E-state index >= 15 is 0 Å². The summed E-state index contributed by atoms with van der Waals surface area (Å²) in [6.07, 6.45) is 5.72. The average Bonchev–Trinajstić information content (AvgIpc) is 2.85. The van der Waals surface area contributed by atoms with E-state index in [0.717, 1.165) is 18.6 Å². The summed E-state index contributed by atoms with van der Waals surface area (Å²) >= 11 is 0. The largest absolute Gasteiger partial charge is 0.377 e. The zero-order chi connectivity index (χ0) is 13.5. The minimum absolute atomic E-state index is 0.335. The van der Waals surface area contributed by atoms with E-state index in [4.69, 9.17) is 4.74 Å². The summed E-state index contributed by atoms with van der Waals surface area (Å²) in [5.74, 6) is 0.781. The van der Waals surface area contributed by atoms with Crippen LogP contribution in [0.4, 0.5) is 0 Å². The molecule has 3 atom stereocenters. The van der Waals surface area contributed by atoms with Gasteiger partial charge >= 0.3 is 0 Å². The maximum absolute atomic E-state index is 5.89. The number of rotatable bonds is 4. The molecule has 2 saturated heterocycles. The Labute approximate surface area is 118 Å². The second kappa shape index (κ2) is 5.34. The highest BCUT2D eigenvalue weighted by atomic mass is 16.5. The van der Waals surface area contributed by atoms with Gasteiger partial charge in [-0.2, -0.15) is 0 Å². The highest BCUT2D eigenvalue weighted by molar-refractivity contribution is 5.12. The third-order valence-corrected chi connectivity index (χ3v) is 5.64. The van der Waals surface area contributed by atoms with Gasteiger partial charge in [-0.1, -0.05) is 20.8 Å². The van der Waals surface area contributed by atoms with Crippen LogP contribution in [-0.4, -0.2) is 49.3 Å². The molecule has 3 aliphatic rings. The first-order valence-electron chi connectivity index (χ1n) is 8.23. The predicted molar refractivity (Wildman–Crippen MR) is 78.3 cm³/mol. The molecule has 0 radical (unpaired) electrons. The Morgan fingerprint density at radius 2 is 1.95 bits per heavy atom. The zero-order valence-electron chi connectivity index (χ0n) is 12.8. The minimum Gasteiger partial charge on any atom is -0.377 e. The molecule has 3 unspecified atom stereocenters. The third-order valence-electron chi connectivity index (χ3n) is 5.64. The van der Waals surface area contributed by atoms with E-state index in [-0.39, 0.29) is 0 Å². The second-order valence-corrected chi connectivity index (χ2v) is 7.33. The maximum Gasteiger partial charge on any atom is 0.0685 e. The summed E-state index contributed by atoms with van der Waals surface area (Å²) in [7, 11) is 0. The van der Waals surface area contributed by atoms with Crippen molar-refractivity contribution in [3.05, 3.63) is 0 Å². The summed E-state index contributed by atoms with van der Waals surface area (Å²) in [4.78, 5) is 2.62. The fourth-order valence-corrected chi connectivity index (χ4v) is 4.56. The van der Waals surface area contributed by atoms with Gasteiger partial charge in [0.15, 0.2) is 0 Å². The van der Waals surface area contributed by atoms with Crippen LogP contribution in [0.3, 0.4) is 0 Å². The Bertz CT molecular complexity index is 310. The normalized spacial score (nSPS) is 39.0. The summed E-state index contributed by atoms with van der Waals surface area (Å²) in [6.45, 7) is 11.9. The number of hydrogen-bond donors (Lipinski definition) is 1. The minimum atomic E-state index is 0.335. The molecule has 19 heavy (non-hydrogen) atoms. The SMILES string of the molecule is CCCN1CCC(NC2C3CCOC3C2(C)C)CC1. The Hall–Kier alpha value is -0.120. The summed E-state index contributed by atoms with van der Waals surface area (Å²) in [6, 6.07) is 1.42. The predicted octanol–water partition coefficient (Wildman–Crippen LogP) is 2.26. The van der Waals surface area contributed by atoms with Crippen molar-refractivity contribution in [2.45, 2.75) is 64.6 Å². The summed E-state index contributed by atoms with van der Waals surface area (Å²) in [5.41, 5.74) is 0.335. The van der Waals surface area contributed by atoms with Crippen LogP contribution in [0.25, 0.3) is 0 Å². The molecular formula is C16H30N2O. The molecular weight excluding hydrogens is 236 g/mol. The number of ether oxygens (including phenoxy) is 1. The van der Waals surface area contributed by atoms with Gasteiger partial charge in [0.1, 0.15) is 0 Å². The lowest BCUT2D eigenvalue weighted by molar-refractivity contribution is -0.116. The van der Waals surface area contributed by atoms with Gasteiger partial charge in [-0.25, -0.2) is 0 Å². The molecule has 3 nitrogen and oxygen atoms in total. The molecule has 0 aromatic heterocycles. The Morgan fingerprint density at radius 3 is 2.63 bits per heavy atom. The van der Waals surface area contributed by atoms with Crippen LogP contribution in [0.1, 0.15) is 46.5 Å². The number of fused-ring (bicyclic) bond motifs is 1. The van der Waals surface area contributed by atoms with Gasteiger partial charge in [-0.05, 0) is 45.3 Å². The van der Waals surface area contributed by atoms with Crippen molar-refractivity contribution >= 4 is 0 Å². The molecule has 3 fully saturated rings. The fourth-order valence-electron chi connectivity index (χ4n) is 4.56. The van der Waals surface area contributed by atoms with Gasteiger partial charge < -0.3 is 15.0 Å². The molecule has 110 valence electrons. The molecule has 3 heteroatoms. The first-order chi connectivity index (χ1) is 9.13. The Morgan fingerprint density at radius 1 is 1.21 bits per heavy atom. The van der Waals surface area contributed by atoms with E-state index in [1.807, 2.05) is 0 Å². The first kappa shape index (κ1) is 13.8. The zero-order valence-corrected chi connectivity index (χ0v) is 12.8. The van der Waals surface area contributed by atoms with Crippen LogP contribution in [0.15, 0.2) is 0 Å². The summed E-state index contributed by atoms with van der Waals surface area (Å²) < 4.78 is 5.89. The number of hydrogen-bond acceptors (Lipinski definition) is 3. The van der Waals surface area contributed by atoms with Crippen LogP contribution >= 0.6 is 0 Å². The van der Waals surface area contributed by atoms with E-state index < -0.39 is 0 Å². The van der Waals surface area contributed by atoms with Crippen molar-refractivity contribution in [3.63, 3.8) is 0 Å². The van der Waals surface area contributed by atoms with Crippen LogP contribution in [0, 0.1) is 11.3 Å². The van der Waals surface area contributed by atoms with Gasteiger partial charge in [-0.3, -0.25) is 0 Å². The molecule has 0 aromatic carbocycles. The van der Waals surface area contributed by atoms with Gasteiger partial charge in [-0.15, -0.1) is 0 Å². The van der Waals surface area contributed by atoms with Crippen molar-refractivity contribution < 1.29 is 4.74 Å². The summed E-state index contributed by atoms with van der Waals surface area (Å²) in [5, 5.41) is 3.97. The molecule has 1 aliphatic carbocycles. The highest BCUT2D eigenvalue weighted by Crippen LogP contribution is 2.52.